The maximum Gasteiger partial charge on any atom is 0.290 e. The summed E-state index contributed by atoms with van der Waals surface area (Å²) in [6.07, 6.45) is 0.894. The molecule has 2 aromatic rings. The summed E-state index contributed by atoms with van der Waals surface area (Å²) in [5.41, 5.74) is 7.95. The van der Waals surface area contributed by atoms with Crippen LogP contribution in [0.25, 0.3) is 11.3 Å². The number of anilines is 1. The zero-order chi connectivity index (χ0) is 13.3. The highest BCUT2D eigenvalue weighted by Gasteiger charge is 2.19. The highest BCUT2D eigenvalue weighted by atomic mass is 16.1. The van der Waals surface area contributed by atoms with E-state index in [1.165, 1.54) is 0 Å². The van der Waals surface area contributed by atoms with Crippen LogP contribution in [0, 0.1) is 0 Å². The van der Waals surface area contributed by atoms with Gasteiger partial charge in [0.1, 0.15) is 5.69 Å². The van der Waals surface area contributed by atoms with Crippen molar-refractivity contribution in [2.24, 2.45) is 7.05 Å². The van der Waals surface area contributed by atoms with Crippen LogP contribution in [0.5, 0.6) is 0 Å². The Hall–Kier alpha value is -1.97. The first kappa shape index (κ1) is 12.5. The molecule has 0 fully saturated rings. The molecule has 18 heavy (non-hydrogen) atoms. The lowest BCUT2D eigenvalue weighted by atomic mass is 10.1. The zero-order valence-electron chi connectivity index (χ0n) is 11.1. The van der Waals surface area contributed by atoms with Crippen LogP contribution in [0.4, 0.5) is 5.69 Å². The van der Waals surface area contributed by atoms with Crippen LogP contribution in [-0.2, 0) is 7.05 Å². The molecule has 1 atom stereocenters. The smallest absolute Gasteiger partial charge is 0.290 e. The molecule has 2 N–H and O–H groups in total. The SMILES string of the molecule is CCC(C)n1c(=O)c(N)c(-c2ccccc2)n1C. The van der Waals surface area contributed by atoms with E-state index in [9.17, 15) is 4.79 Å². The van der Waals surface area contributed by atoms with Gasteiger partial charge in [-0.2, -0.15) is 0 Å². The van der Waals surface area contributed by atoms with Gasteiger partial charge in [-0.25, -0.2) is 4.68 Å². The second-order valence-electron chi connectivity index (χ2n) is 4.56. The molecule has 1 heterocycles. The third-order valence-electron chi connectivity index (χ3n) is 3.40. The summed E-state index contributed by atoms with van der Waals surface area (Å²) in [5, 5.41) is 0. The van der Waals surface area contributed by atoms with Gasteiger partial charge in [0.2, 0.25) is 0 Å². The molecular weight excluding hydrogens is 226 g/mol. The first-order valence-corrected chi connectivity index (χ1v) is 6.20. The van der Waals surface area contributed by atoms with Gasteiger partial charge in [0.05, 0.1) is 11.7 Å². The van der Waals surface area contributed by atoms with Crippen LogP contribution >= 0.6 is 0 Å². The lowest BCUT2D eigenvalue weighted by Gasteiger charge is -2.15. The quantitative estimate of drug-likeness (QED) is 0.902. The van der Waals surface area contributed by atoms with Crippen molar-refractivity contribution in [3.8, 4) is 11.3 Å². The monoisotopic (exact) mass is 245 g/mol. The summed E-state index contributed by atoms with van der Waals surface area (Å²) in [5.74, 6) is 0. The molecule has 1 aromatic carbocycles. The third kappa shape index (κ3) is 1.83. The number of nitrogens with two attached hydrogens (primary N) is 1. The minimum Gasteiger partial charge on any atom is -0.392 e. The molecule has 0 aliphatic carbocycles. The topological polar surface area (TPSA) is 52.9 Å². The van der Waals surface area contributed by atoms with Gasteiger partial charge in [-0.05, 0) is 13.3 Å². The van der Waals surface area contributed by atoms with Gasteiger partial charge >= 0.3 is 0 Å². The molecule has 0 amide bonds. The fraction of sp³-hybridized carbons (Fsp3) is 0.357. The standard InChI is InChI=1S/C14H19N3O/c1-4-10(2)17-14(18)12(15)13(16(17)3)11-8-6-5-7-9-11/h5-10H,4,15H2,1-3H3. The maximum absolute atomic E-state index is 12.2. The summed E-state index contributed by atoms with van der Waals surface area (Å²) in [4.78, 5) is 12.2. The minimum absolute atomic E-state index is 0.106. The van der Waals surface area contributed by atoms with Gasteiger partial charge in [0.25, 0.3) is 5.56 Å². The van der Waals surface area contributed by atoms with E-state index in [1.54, 1.807) is 4.68 Å². The molecule has 0 aliphatic rings. The van der Waals surface area contributed by atoms with Crippen molar-refractivity contribution in [2.75, 3.05) is 5.73 Å². The van der Waals surface area contributed by atoms with Crippen molar-refractivity contribution in [3.05, 3.63) is 40.7 Å². The van der Waals surface area contributed by atoms with Gasteiger partial charge in [0.15, 0.2) is 0 Å². The molecule has 0 spiro atoms. The summed E-state index contributed by atoms with van der Waals surface area (Å²) in [7, 11) is 1.88. The summed E-state index contributed by atoms with van der Waals surface area (Å²) < 4.78 is 3.58. The Bertz CT molecular complexity index is 595. The molecule has 0 aliphatic heterocycles. The van der Waals surface area contributed by atoms with Crippen LogP contribution in [0.3, 0.4) is 0 Å². The lowest BCUT2D eigenvalue weighted by Crippen LogP contribution is -2.25. The Morgan fingerprint density at radius 2 is 1.89 bits per heavy atom. The van der Waals surface area contributed by atoms with Crippen LogP contribution in [0.15, 0.2) is 35.1 Å². The highest BCUT2D eigenvalue weighted by molar-refractivity contribution is 5.72. The van der Waals surface area contributed by atoms with Gasteiger partial charge < -0.3 is 5.73 Å². The number of hydrogen-bond donors (Lipinski definition) is 1. The normalized spacial score (nSPS) is 12.6. The first-order chi connectivity index (χ1) is 8.57. The fourth-order valence-corrected chi connectivity index (χ4v) is 2.25. The molecule has 0 bridgehead atoms. The summed E-state index contributed by atoms with van der Waals surface area (Å²) >= 11 is 0. The first-order valence-electron chi connectivity index (χ1n) is 6.20. The van der Waals surface area contributed by atoms with E-state index < -0.39 is 0 Å². The number of hydrogen-bond acceptors (Lipinski definition) is 2. The van der Waals surface area contributed by atoms with E-state index in [0.717, 1.165) is 17.7 Å². The number of nitrogen functional groups attached to an aromatic ring is 1. The Kier molecular flexibility index (Phi) is 3.28. The van der Waals surface area contributed by atoms with E-state index in [-0.39, 0.29) is 11.6 Å². The molecule has 1 unspecified atom stereocenters. The van der Waals surface area contributed by atoms with Crippen LogP contribution in [-0.4, -0.2) is 9.36 Å². The van der Waals surface area contributed by atoms with Crippen LogP contribution in [0.1, 0.15) is 26.3 Å². The van der Waals surface area contributed by atoms with E-state index in [0.29, 0.717) is 5.69 Å². The van der Waals surface area contributed by atoms with E-state index in [2.05, 4.69) is 6.92 Å². The molecule has 1 aromatic heterocycles. The molecule has 0 saturated heterocycles. The van der Waals surface area contributed by atoms with Crippen molar-refractivity contribution in [2.45, 2.75) is 26.3 Å². The van der Waals surface area contributed by atoms with Crippen LogP contribution in [0.2, 0.25) is 0 Å². The molecular formula is C14H19N3O. The second-order valence-corrected chi connectivity index (χ2v) is 4.56. The van der Waals surface area contributed by atoms with E-state index in [4.69, 9.17) is 5.73 Å². The minimum atomic E-state index is -0.106. The van der Waals surface area contributed by atoms with E-state index in [1.807, 2.05) is 49.0 Å². The molecule has 96 valence electrons. The molecule has 0 saturated carbocycles. The Balaban J connectivity index is 2.68. The zero-order valence-corrected chi connectivity index (χ0v) is 11.1. The average molecular weight is 245 g/mol. The van der Waals surface area contributed by atoms with Crippen molar-refractivity contribution >= 4 is 5.69 Å². The van der Waals surface area contributed by atoms with Crippen molar-refractivity contribution in [3.63, 3.8) is 0 Å². The van der Waals surface area contributed by atoms with Gasteiger partial charge in [0, 0.05) is 12.6 Å². The number of rotatable bonds is 3. The third-order valence-corrected chi connectivity index (χ3v) is 3.40. The molecule has 2 rings (SSSR count). The Morgan fingerprint density at radius 1 is 1.28 bits per heavy atom. The number of aromatic nitrogens is 2. The average Bonchev–Trinajstić information content (AvgIpc) is 2.61. The lowest BCUT2D eigenvalue weighted by molar-refractivity contribution is 0.405. The fourth-order valence-electron chi connectivity index (χ4n) is 2.25. The highest BCUT2D eigenvalue weighted by Crippen LogP contribution is 2.24. The predicted octanol–water partition coefficient (Wildman–Crippen LogP) is 2.41. The van der Waals surface area contributed by atoms with Crippen LogP contribution < -0.4 is 11.3 Å². The largest absolute Gasteiger partial charge is 0.392 e. The number of nitrogens with zero attached hydrogens (tertiary/aromatic N) is 2. The Labute approximate surface area is 107 Å². The predicted molar refractivity (Wildman–Crippen MR) is 74.5 cm³/mol. The molecule has 4 heteroatoms. The summed E-state index contributed by atoms with van der Waals surface area (Å²) in [6.45, 7) is 4.08. The molecule has 4 nitrogen and oxygen atoms in total. The van der Waals surface area contributed by atoms with Gasteiger partial charge in [-0.1, -0.05) is 37.3 Å². The van der Waals surface area contributed by atoms with Crippen molar-refractivity contribution in [1.82, 2.24) is 9.36 Å². The maximum atomic E-state index is 12.2. The number of benzene rings is 1. The van der Waals surface area contributed by atoms with E-state index >= 15 is 0 Å². The van der Waals surface area contributed by atoms with Gasteiger partial charge in [-0.3, -0.25) is 9.48 Å². The van der Waals surface area contributed by atoms with Crippen molar-refractivity contribution < 1.29 is 0 Å². The van der Waals surface area contributed by atoms with Crippen molar-refractivity contribution in [1.29, 1.82) is 0 Å². The van der Waals surface area contributed by atoms with Gasteiger partial charge in [-0.15, -0.1) is 0 Å². The summed E-state index contributed by atoms with van der Waals surface area (Å²) in [6, 6.07) is 9.91. The second kappa shape index (κ2) is 4.72. The molecule has 0 radical (unpaired) electrons. The Morgan fingerprint density at radius 3 is 2.44 bits per heavy atom.